The Morgan fingerprint density at radius 3 is 2.44 bits per heavy atom. The molecule has 3 rings (SSSR count). The second-order valence-electron chi connectivity index (χ2n) is 6.31. The van der Waals surface area contributed by atoms with Gasteiger partial charge in [0.05, 0.1) is 20.1 Å². The van der Waals surface area contributed by atoms with Gasteiger partial charge in [-0.3, -0.25) is 4.79 Å². The van der Waals surface area contributed by atoms with Crippen LogP contribution in [0.3, 0.4) is 0 Å². The molecule has 0 aliphatic carbocycles. The smallest absolute Gasteiger partial charge is 0.246 e. The lowest BCUT2D eigenvalue weighted by molar-refractivity contribution is -0.131. The molecular formula is C21H23N3O3. The summed E-state index contributed by atoms with van der Waals surface area (Å²) >= 11 is 0. The van der Waals surface area contributed by atoms with Gasteiger partial charge in [-0.1, -0.05) is 35.0 Å². The monoisotopic (exact) mass is 365 g/mol. The molecule has 0 saturated carbocycles. The van der Waals surface area contributed by atoms with Crippen LogP contribution in [0.25, 0.3) is 11.4 Å². The third-order valence-corrected chi connectivity index (χ3v) is 4.35. The summed E-state index contributed by atoms with van der Waals surface area (Å²) in [5, 5.41) is 4.02. The maximum absolute atomic E-state index is 12.6. The summed E-state index contributed by atoms with van der Waals surface area (Å²) in [5.41, 5.74) is 3.00. The molecule has 0 radical (unpaired) electrons. The van der Waals surface area contributed by atoms with E-state index in [1.807, 2.05) is 62.4 Å². The number of likely N-dealkylation sites (N-methyl/N-ethyl adjacent to an activating group) is 1. The second kappa shape index (κ2) is 8.49. The molecule has 0 spiro atoms. The zero-order chi connectivity index (χ0) is 19.2. The first kappa shape index (κ1) is 18.6. The Hall–Kier alpha value is -3.15. The quantitative estimate of drug-likeness (QED) is 0.639. The molecule has 6 heteroatoms. The Balaban J connectivity index is 1.66. The molecule has 1 aromatic heterocycles. The maximum atomic E-state index is 12.6. The summed E-state index contributed by atoms with van der Waals surface area (Å²) in [7, 11) is 1.62. The number of methoxy groups -OCH3 is 1. The zero-order valence-electron chi connectivity index (χ0n) is 15.8. The number of hydrogen-bond acceptors (Lipinski definition) is 5. The van der Waals surface area contributed by atoms with E-state index in [9.17, 15) is 4.79 Å². The molecule has 0 N–H and O–H groups in total. The highest BCUT2D eigenvalue weighted by Gasteiger charge is 2.17. The van der Waals surface area contributed by atoms with Gasteiger partial charge >= 0.3 is 0 Å². The van der Waals surface area contributed by atoms with Crippen molar-refractivity contribution in [2.45, 2.75) is 26.8 Å². The molecule has 3 aromatic rings. The van der Waals surface area contributed by atoms with Crippen LogP contribution in [0, 0.1) is 6.92 Å². The van der Waals surface area contributed by atoms with Gasteiger partial charge in [0.15, 0.2) is 0 Å². The van der Waals surface area contributed by atoms with Gasteiger partial charge in [-0.25, -0.2) is 0 Å². The minimum absolute atomic E-state index is 0.0329. The number of carbonyl (C=O) groups excluding carboxylic acids is 1. The molecule has 0 saturated heterocycles. The van der Waals surface area contributed by atoms with E-state index in [0.717, 1.165) is 16.9 Å². The number of aromatic nitrogens is 2. The Morgan fingerprint density at radius 1 is 1.11 bits per heavy atom. The lowest BCUT2D eigenvalue weighted by Crippen LogP contribution is -2.31. The van der Waals surface area contributed by atoms with Crippen molar-refractivity contribution >= 4 is 5.91 Å². The first-order valence-corrected chi connectivity index (χ1v) is 8.89. The van der Waals surface area contributed by atoms with Crippen molar-refractivity contribution < 1.29 is 14.1 Å². The van der Waals surface area contributed by atoms with Gasteiger partial charge in [-0.15, -0.1) is 0 Å². The van der Waals surface area contributed by atoms with E-state index >= 15 is 0 Å². The van der Waals surface area contributed by atoms with E-state index in [4.69, 9.17) is 9.26 Å². The number of hydrogen-bond donors (Lipinski definition) is 0. The number of rotatable bonds is 7. The highest BCUT2D eigenvalue weighted by atomic mass is 16.5. The van der Waals surface area contributed by atoms with E-state index in [1.165, 1.54) is 5.56 Å². The van der Waals surface area contributed by atoms with Crippen molar-refractivity contribution in [3.63, 3.8) is 0 Å². The highest BCUT2D eigenvalue weighted by molar-refractivity contribution is 5.78. The maximum Gasteiger partial charge on any atom is 0.246 e. The standard InChI is InChI=1S/C21H23N3O3/c1-4-24(20(25)13-16-7-5-15(2)6-8-16)14-19-22-21(23-27-19)17-9-11-18(26-3)12-10-17/h5-12H,4,13-14H2,1-3H3. The van der Waals surface area contributed by atoms with Crippen molar-refractivity contribution in [1.29, 1.82) is 0 Å². The van der Waals surface area contributed by atoms with Crippen LogP contribution in [0.1, 0.15) is 23.9 Å². The number of amides is 1. The fourth-order valence-electron chi connectivity index (χ4n) is 2.71. The summed E-state index contributed by atoms with van der Waals surface area (Å²) in [4.78, 5) is 18.7. The molecule has 0 fully saturated rings. The number of carbonyl (C=O) groups is 1. The molecule has 0 aliphatic rings. The van der Waals surface area contributed by atoms with Gasteiger partial charge < -0.3 is 14.2 Å². The SMILES string of the molecule is CCN(Cc1nc(-c2ccc(OC)cc2)no1)C(=O)Cc1ccc(C)cc1. The van der Waals surface area contributed by atoms with Gasteiger partial charge in [-0.2, -0.15) is 4.98 Å². The van der Waals surface area contributed by atoms with E-state index in [2.05, 4.69) is 10.1 Å². The molecule has 6 nitrogen and oxygen atoms in total. The summed E-state index contributed by atoms with van der Waals surface area (Å²) < 4.78 is 10.5. The molecule has 140 valence electrons. The molecule has 0 bridgehead atoms. The lowest BCUT2D eigenvalue weighted by Gasteiger charge is -2.18. The van der Waals surface area contributed by atoms with Crippen LogP contribution in [-0.2, 0) is 17.8 Å². The average molecular weight is 365 g/mol. The number of ether oxygens (including phenoxy) is 1. The number of benzene rings is 2. The van der Waals surface area contributed by atoms with Crippen molar-refractivity contribution in [3.8, 4) is 17.1 Å². The zero-order valence-corrected chi connectivity index (χ0v) is 15.8. The molecular weight excluding hydrogens is 342 g/mol. The second-order valence-corrected chi connectivity index (χ2v) is 6.31. The highest BCUT2D eigenvalue weighted by Crippen LogP contribution is 2.20. The van der Waals surface area contributed by atoms with Crippen molar-refractivity contribution in [2.24, 2.45) is 0 Å². The van der Waals surface area contributed by atoms with Crippen LogP contribution in [0.5, 0.6) is 5.75 Å². The third-order valence-electron chi connectivity index (χ3n) is 4.35. The Morgan fingerprint density at radius 2 is 1.81 bits per heavy atom. The Labute approximate surface area is 158 Å². The van der Waals surface area contributed by atoms with Crippen LogP contribution >= 0.6 is 0 Å². The molecule has 1 heterocycles. The van der Waals surface area contributed by atoms with Crippen LogP contribution in [0.15, 0.2) is 53.1 Å². The van der Waals surface area contributed by atoms with Crippen LogP contribution < -0.4 is 4.74 Å². The molecule has 2 aromatic carbocycles. The van der Waals surface area contributed by atoms with E-state index < -0.39 is 0 Å². The van der Waals surface area contributed by atoms with E-state index in [1.54, 1.807) is 12.0 Å². The summed E-state index contributed by atoms with van der Waals surface area (Å²) in [6, 6.07) is 15.4. The summed E-state index contributed by atoms with van der Waals surface area (Å²) in [6.07, 6.45) is 0.355. The average Bonchev–Trinajstić information content (AvgIpc) is 3.16. The van der Waals surface area contributed by atoms with E-state index in [-0.39, 0.29) is 5.91 Å². The fraction of sp³-hybridized carbons (Fsp3) is 0.286. The minimum Gasteiger partial charge on any atom is -0.497 e. The lowest BCUT2D eigenvalue weighted by atomic mass is 10.1. The van der Waals surface area contributed by atoms with Gasteiger partial charge in [-0.05, 0) is 43.7 Å². The summed E-state index contributed by atoms with van der Waals surface area (Å²) in [6.45, 7) is 4.84. The number of nitrogens with zero attached hydrogens (tertiary/aromatic N) is 3. The van der Waals surface area contributed by atoms with E-state index in [0.29, 0.717) is 31.2 Å². The molecule has 0 aliphatic heterocycles. The van der Waals surface area contributed by atoms with Crippen molar-refractivity contribution in [2.75, 3.05) is 13.7 Å². The largest absolute Gasteiger partial charge is 0.497 e. The van der Waals surface area contributed by atoms with Crippen LogP contribution in [0.4, 0.5) is 0 Å². The topological polar surface area (TPSA) is 68.5 Å². The summed E-state index contributed by atoms with van der Waals surface area (Å²) in [5.74, 6) is 1.71. The van der Waals surface area contributed by atoms with Crippen molar-refractivity contribution in [1.82, 2.24) is 15.0 Å². The van der Waals surface area contributed by atoms with Gasteiger partial charge in [0.1, 0.15) is 5.75 Å². The normalized spacial score (nSPS) is 10.6. The number of aryl methyl sites for hydroxylation is 1. The van der Waals surface area contributed by atoms with Crippen molar-refractivity contribution in [3.05, 3.63) is 65.5 Å². The predicted octanol–water partition coefficient (Wildman–Crippen LogP) is 3.64. The van der Waals surface area contributed by atoms with Crippen LogP contribution in [-0.4, -0.2) is 34.6 Å². The van der Waals surface area contributed by atoms with Gasteiger partial charge in [0, 0.05) is 12.1 Å². The van der Waals surface area contributed by atoms with Crippen LogP contribution in [0.2, 0.25) is 0 Å². The Kier molecular flexibility index (Phi) is 5.86. The minimum atomic E-state index is 0.0329. The fourth-order valence-corrected chi connectivity index (χ4v) is 2.71. The third kappa shape index (κ3) is 4.73. The molecule has 27 heavy (non-hydrogen) atoms. The van der Waals surface area contributed by atoms with Gasteiger partial charge in [0.2, 0.25) is 17.6 Å². The Bertz CT molecular complexity index is 886. The predicted molar refractivity (Wildman–Crippen MR) is 102 cm³/mol. The van der Waals surface area contributed by atoms with Gasteiger partial charge in [0.25, 0.3) is 0 Å². The molecule has 0 unspecified atom stereocenters. The molecule has 1 amide bonds. The molecule has 0 atom stereocenters. The first-order valence-electron chi connectivity index (χ1n) is 8.89. The first-order chi connectivity index (χ1) is 13.1.